The zero-order chi connectivity index (χ0) is 26.1. The number of aromatic nitrogens is 3. The number of hydrogen-bond donors (Lipinski definition) is 1. The predicted octanol–water partition coefficient (Wildman–Crippen LogP) is 4.98. The second-order valence-electron chi connectivity index (χ2n) is 9.42. The number of hydrogen-bond acceptors (Lipinski definition) is 5. The first-order chi connectivity index (χ1) is 17.8. The molecule has 1 N–H and O–H groups in total. The Bertz CT molecular complexity index is 1480. The Balaban J connectivity index is 1.60. The lowest BCUT2D eigenvalue weighted by Gasteiger charge is -2.15. The summed E-state index contributed by atoms with van der Waals surface area (Å²) in [5, 5.41) is 3.50. The SMILES string of the molecule is CC1CN=C(c2ccc3c(C(=O)NCc4cc(F)cc(F)c4)c(C(C)C)n(Cc4ccccn4)c3n2)O1. The lowest BCUT2D eigenvalue weighted by molar-refractivity contribution is 0.0950. The Morgan fingerprint density at radius 3 is 2.59 bits per heavy atom. The van der Waals surface area contributed by atoms with Crippen molar-refractivity contribution in [3.63, 3.8) is 0 Å². The maximum Gasteiger partial charge on any atom is 0.254 e. The van der Waals surface area contributed by atoms with Crippen LogP contribution in [0, 0.1) is 11.6 Å². The summed E-state index contributed by atoms with van der Waals surface area (Å²) in [5.74, 6) is -1.29. The maximum absolute atomic E-state index is 13.7. The van der Waals surface area contributed by atoms with Crippen molar-refractivity contribution in [2.45, 2.75) is 45.9 Å². The standard InChI is InChI=1S/C28H27F2N5O2/c1-16(2)25-24(27(36)32-14-18-10-19(29)12-20(30)11-18)22-7-8-23(28-33-13-17(3)37-28)34-26(22)35(25)15-21-6-4-5-9-31-21/h4-12,16-17H,13-15H2,1-3H3,(H,32,36). The van der Waals surface area contributed by atoms with E-state index in [0.29, 0.717) is 46.8 Å². The first-order valence-corrected chi connectivity index (χ1v) is 12.2. The highest BCUT2D eigenvalue weighted by atomic mass is 19.1. The largest absolute Gasteiger partial charge is 0.471 e. The van der Waals surface area contributed by atoms with E-state index < -0.39 is 11.6 Å². The van der Waals surface area contributed by atoms with E-state index in [-0.39, 0.29) is 24.5 Å². The molecule has 1 unspecified atom stereocenters. The van der Waals surface area contributed by atoms with E-state index in [1.807, 2.05) is 49.6 Å². The highest BCUT2D eigenvalue weighted by Crippen LogP contribution is 2.32. The van der Waals surface area contributed by atoms with Gasteiger partial charge in [0.15, 0.2) is 0 Å². The summed E-state index contributed by atoms with van der Waals surface area (Å²) >= 11 is 0. The Hall–Kier alpha value is -4.14. The first kappa shape index (κ1) is 24.5. The zero-order valence-corrected chi connectivity index (χ0v) is 20.8. The topological polar surface area (TPSA) is 81.4 Å². The Morgan fingerprint density at radius 1 is 1.16 bits per heavy atom. The highest BCUT2D eigenvalue weighted by molar-refractivity contribution is 6.08. The minimum absolute atomic E-state index is 0.0203. The van der Waals surface area contributed by atoms with Gasteiger partial charge in [-0.2, -0.15) is 0 Å². The quantitative estimate of drug-likeness (QED) is 0.386. The molecular weight excluding hydrogens is 476 g/mol. The predicted molar refractivity (Wildman–Crippen MR) is 137 cm³/mol. The summed E-state index contributed by atoms with van der Waals surface area (Å²) in [6.07, 6.45) is 1.71. The van der Waals surface area contributed by atoms with Crippen molar-refractivity contribution in [3.05, 3.63) is 94.6 Å². The van der Waals surface area contributed by atoms with Gasteiger partial charge in [-0.15, -0.1) is 0 Å². The Kier molecular flexibility index (Phi) is 6.69. The molecule has 1 aromatic carbocycles. The van der Waals surface area contributed by atoms with Gasteiger partial charge >= 0.3 is 0 Å². The molecule has 1 amide bonds. The molecule has 0 radical (unpaired) electrons. The van der Waals surface area contributed by atoms with Crippen LogP contribution in [-0.2, 0) is 17.8 Å². The van der Waals surface area contributed by atoms with Crippen molar-refractivity contribution in [2.24, 2.45) is 4.99 Å². The molecule has 5 rings (SSSR count). The van der Waals surface area contributed by atoms with Crippen LogP contribution >= 0.6 is 0 Å². The summed E-state index contributed by atoms with van der Waals surface area (Å²) in [7, 11) is 0. The summed E-state index contributed by atoms with van der Waals surface area (Å²) in [5.41, 5.74) is 3.61. The summed E-state index contributed by atoms with van der Waals surface area (Å²) in [6.45, 7) is 6.92. The average Bonchev–Trinajstić information content (AvgIpc) is 3.44. The van der Waals surface area contributed by atoms with Crippen LogP contribution in [0.25, 0.3) is 11.0 Å². The van der Waals surface area contributed by atoms with Crippen LogP contribution in [0.3, 0.4) is 0 Å². The van der Waals surface area contributed by atoms with Crippen LogP contribution in [0.15, 0.2) is 59.7 Å². The molecule has 1 aliphatic rings. The first-order valence-electron chi connectivity index (χ1n) is 12.2. The molecule has 190 valence electrons. The Morgan fingerprint density at radius 2 is 1.95 bits per heavy atom. The van der Waals surface area contributed by atoms with E-state index in [2.05, 4.69) is 15.3 Å². The third kappa shape index (κ3) is 5.07. The van der Waals surface area contributed by atoms with Gasteiger partial charge in [0.2, 0.25) is 5.90 Å². The molecule has 37 heavy (non-hydrogen) atoms. The number of aliphatic imine (C=N–C) groups is 1. The van der Waals surface area contributed by atoms with Crippen LogP contribution < -0.4 is 5.32 Å². The van der Waals surface area contributed by atoms with Gasteiger partial charge < -0.3 is 14.6 Å². The lowest BCUT2D eigenvalue weighted by Crippen LogP contribution is -2.24. The molecule has 0 spiro atoms. The number of nitrogens with one attached hydrogen (secondary N) is 1. The van der Waals surface area contributed by atoms with Crippen LogP contribution in [0.4, 0.5) is 8.78 Å². The molecule has 4 aromatic rings. The fourth-order valence-electron chi connectivity index (χ4n) is 4.61. The summed E-state index contributed by atoms with van der Waals surface area (Å²) in [6, 6.07) is 12.5. The van der Waals surface area contributed by atoms with Crippen molar-refractivity contribution in [3.8, 4) is 0 Å². The van der Waals surface area contributed by atoms with Crippen LogP contribution in [0.1, 0.15) is 59.7 Å². The zero-order valence-electron chi connectivity index (χ0n) is 20.8. The third-order valence-corrected chi connectivity index (χ3v) is 6.17. The highest BCUT2D eigenvalue weighted by Gasteiger charge is 2.27. The number of carbonyl (C=O) groups excluding carboxylic acids is 1. The molecule has 7 nitrogen and oxygen atoms in total. The van der Waals surface area contributed by atoms with E-state index in [1.165, 1.54) is 12.1 Å². The van der Waals surface area contributed by atoms with Crippen LogP contribution in [0.5, 0.6) is 0 Å². The van der Waals surface area contributed by atoms with Gasteiger partial charge in [-0.3, -0.25) is 9.78 Å². The van der Waals surface area contributed by atoms with E-state index in [9.17, 15) is 13.6 Å². The molecule has 0 aliphatic carbocycles. The molecular formula is C28H27F2N5O2. The maximum atomic E-state index is 13.7. The fraction of sp³-hybridized carbons (Fsp3) is 0.286. The number of fused-ring (bicyclic) bond motifs is 1. The van der Waals surface area contributed by atoms with Gasteiger partial charge in [0, 0.05) is 29.9 Å². The minimum Gasteiger partial charge on any atom is -0.471 e. The van der Waals surface area contributed by atoms with Gasteiger partial charge in [-0.1, -0.05) is 19.9 Å². The van der Waals surface area contributed by atoms with Crippen molar-refractivity contribution in [2.75, 3.05) is 6.54 Å². The fourth-order valence-corrected chi connectivity index (χ4v) is 4.61. The summed E-state index contributed by atoms with van der Waals surface area (Å²) < 4.78 is 35.1. The molecule has 3 aromatic heterocycles. The second kappa shape index (κ2) is 10.1. The van der Waals surface area contributed by atoms with Crippen LogP contribution in [-0.4, -0.2) is 39.0 Å². The van der Waals surface area contributed by atoms with Gasteiger partial charge in [0.25, 0.3) is 5.91 Å². The number of amides is 1. The van der Waals surface area contributed by atoms with Gasteiger partial charge in [-0.05, 0) is 54.8 Å². The number of nitrogens with zero attached hydrogens (tertiary/aromatic N) is 4. The summed E-state index contributed by atoms with van der Waals surface area (Å²) in [4.78, 5) is 27.4. The monoisotopic (exact) mass is 503 g/mol. The van der Waals surface area contributed by atoms with E-state index in [1.54, 1.807) is 12.3 Å². The number of rotatable bonds is 7. The number of pyridine rings is 2. The normalized spacial score (nSPS) is 15.2. The smallest absolute Gasteiger partial charge is 0.254 e. The third-order valence-electron chi connectivity index (χ3n) is 6.17. The van der Waals surface area contributed by atoms with Crippen molar-refractivity contribution < 1.29 is 18.3 Å². The molecule has 4 heterocycles. The van der Waals surface area contributed by atoms with E-state index in [0.717, 1.165) is 17.5 Å². The van der Waals surface area contributed by atoms with E-state index >= 15 is 0 Å². The number of ether oxygens (including phenoxy) is 1. The number of carbonyl (C=O) groups is 1. The Labute approximate surface area is 213 Å². The lowest BCUT2D eigenvalue weighted by atomic mass is 10.0. The second-order valence-corrected chi connectivity index (χ2v) is 9.42. The van der Waals surface area contributed by atoms with Crippen LogP contribution in [0.2, 0.25) is 0 Å². The average molecular weight is 504 g/mol. The molecule has 0 fully saturated rings. The van der Waals surface area contributed by atoms with E-state index in [4.69, 9.17) is 9.72 Å². The van der Waals surface area contributed by atoms with Crippen molar-refractivity contribution in [1.29, 1.82) is 0 Å². The minimum atomic E-state index is -0.692. The number of halogens is 2. The molecule has 9 heteroatoms. The number of benzene rings is 1. The van der Waals surface area contributed by atoms with Gasteiger partial charge in [0.05, 0.1) is 24.3 Å². The van der Waals surface area contributed by atoms with Gasteiger partial charge in [0.1, 0.15) is 29.1 Å². The molecule has 0 saturated heterocycles. The van der Waals surface area contributed by atoms with Gasteiger partial charge in [-0.25, -0.2) is 18.8 Å². The molecule has 0 bridgehead atoms. The van der Waals surface area contributed by atoms with Crippen molar-refractivity contribution >= 4 is 22.8 Å². The van der Waals surface area contributed by atoms with Crippen molar-refractivity contribution in [1.82, 2.24) is 19.9 Å². The molecule has 1 atom stereocenters. The molecule has 1 aliphatic heterocycles. The molecule has 0 saturated carbocycles.